The Kier molecular flexibility index (Phi) is 4.74. The summed E-state index contributed by atoms with van der Waals surface area (Å²) < 4.78 is 11.6. The number of hydrogen-bond acceptors (Lipinski definition) is 5. The zero-order chi connectivity index (χ0) is 19.7. The number of carbonyl (C=O) groups is 1. The fraction of sp³-hybridized carbons (Fsp3) is 0.217. The van der Waals surface area contributed by atoms with Gasteiger partial charge in [-0.25, -0.2) is 0 Å². The van der Waals surface area contributed by atoms with Crippen LogP contribution in [0.1, 0.15) is 31.6 Å². The molecule has 3 heterocycles. The van der Waals surface area contributed by atoms with Crippen LogP contribution in [0.4, 0.5) is 0 Å². The standard InChI is InChI=1S/C23H21NO4/c1-3-15-11-21(26)20(14(2)25)12-24-9-7-19-18-6-4-5-17(16-8-10-27-13-16)23(18)28-22(15)19/h4-6,8,10-13,26H,3,7,9H2,1-2H3/b15-11+,21-20?,24-12?. The lowest BCUT2D eigenvalue weighted by Crippen LogP contribution is -2.05. The molecule has 3 aromatic rings. The third-order valence-electron chi connectivity index (χ3n) is 5.00. The highest BCUT2D eigenvalue weighted by Crippen LogP contribution is 2.38. The molecule has 0 radical (unpaired) electrons. The molecule has 1 aromatic carbocycles. The highest BCUT2D eigenvalue weighted by atomic mass is 16.3. The van der Waals surface area contributed by atoms with Crippen LogP contribution >= 0.6 is 0 Å². The SMILES string of the molecule is CC/C1=C\C(O)=C(C(C)=O)C=NCCc2c1oc1c(-c3ccoc3)cccc21. The Labute approximate surface area is 162 Å². The molecule has 0 aliphatic carbocycles. The molecule has 4 rings (SSSR count). The van der Waals surface area contributed by atoms with Crippen molar-refractivity contribution in [3.63, 3.8) is 0 Å². The van der Waals surface area contributed by atoms with Crippen LogP contribution in [-0.4, -0.2) is 23.6 Å². The fourth-order valence-corrected chi connectivity index (χ4v) is 3.56. The first-order chi connectivity index (χ1) is 13.6. The van der Waals surface area contributed by atoms with Crippen molar-refractivity contribution in [3.05, 3.63) is 65.5 Å². The molecule has 2 aromatic heterocycles. The predicted octanol–water partition coefficient (Wildman–Crippen LogP) is 5.51. The Morgan fingerprint density at radius 1 is 1.29 bits per heavy atom. The lowest BCUT2D eigenvalue weighted by atomic mass is 9.98. The van der Waals surface area contributed by atoms with Crippen LogP contribution in [0.5, 0.6) is 0 Å². The van der Waals surface area contributed by atoms with E-state index < -0.39 is 0 Å². The van der Waals surface area contributed by atoms with Gasteiger partial charge in [-0.3, -0.25) is 9.79 Å². The molecule has 5 nitrogen and oxygen atoms in total. The molecule has 1 aliphatic rings. The van der Waals surface area contributed by atoms with Crippen molar-refractivity contribution in [3.8, 4) is 11.1 Å². The van der Waals surface area contributed by atoms with Gasteiger partial charge in [0.2, 0.25) is 0 Å². The summed E-state index contributed by atoms with van der Waals surface area (Å²) in [5, 5.41) is 11.5. The minimum absolute atomic E-state index is 0.0866. The second-order valence-electron chi connectivity index (χ2n) is 6.77. The van der Waals surface area contributed by atoms with Crippen LogP contribution in [-0.2, 0) is 11.2 Å². The number of para-hydroxylation sites is 1. The number of aliphatic imine (C=N–C) groups is 1. The first-order valence-corrected chi connectivity index (χ1v) is 9.32. The predicted molar refractivity (Wildman–Crippen MR) is 110 cm³/mol. The quantitative estimate of drug-likeness (QED) is 0.654. The van der Waals surface area contributed by atoms with Crippen LogP contribution in [0.15, 0.2) is 68.0 Å². The number of hydrogen-bond donors (Lipinski definition) is 1. The number of rotatable bonds is 3. The van der Waals surface area contributed by atoms with Crippen LogP contribution in [0.2, 0.25) is 0 Å². The van der Waals surface area contributed by atoms with Crippen molar-refractivity contribution in [1.82, 2.24) is 0 Å². The van der Waals surface area contributed by atoms with Crippen LogP contribution in [0, 0.1) is 0 Å². The number of allylic oxidation sites excluding steroid dienone is 3. The average Bonchev–Trinajstić information content (AvgIpc) is 3.33. The topological polar surface area (TPSA) is 75.9 Å². The number of fused-ring (bicyclic) bond motifs is 3. The molecule has 142 valence electrons. The number of aliphatic hydroxyl groups excluding tert-OH is 1. The molecular weight excluding hydrogens is 354 g/mol. The van der Waals surface area contributed by atoms with Gasteiger partial charge in [0.1, 0.15) is 17.1 Å². The number of Topliss-reactive ketones (excluding diaryl/α,β-unsaturated/α-hetero) is 1. The van der Waals surface area contributed by atoms with Crippen molar-refractivity contribution in [2.24, 2.45) is 4.99 Å². The van der Waals surface area contributed by atoms with Gasteiger partial charge in [-0.1, -0.05) is 25.1 Å². The van der Waals surface area contributed by atoms with Gasteiger partial charge in [-0.05, 0) is 37.5 Å². The van der Waals surface area contributed by atoms with E-state index in [2.05, 4.69) is 4.99 Å². The molecule has 0 spiro atoms. The summed E-state index contributed by atoms with van der Waals surface area (Å²) in [7, 11) is 0. The van der Waals surface area contributed by atoms with E-state index in [4.69, 9.17) is 8.83 Å². The number of aliphatic hydroxyl groups is 1. The molecule has 0 fully saturated rings. The van der Waals surface area contributed by atoms with Gasteiger partial charge >= 0.3 is 0 Å². The lowest BCUT2D eigenvalue weighted by Gasteiger charge is -2.08. The van der Waals surface area contributed by atoms with E-state index in [-0.39, 0.29) is 17.1 Å². The molecule has 28 heavy (non-hydrogen) atoms. The van der Waals surface area contributed by atoms with Gasteiger partial charge in [0.15, 0.2) is 5.78 Å². The average molecular weight is 375 g/mol. The first kappa shape index (κ1) is 18.0. The molecule has 0 bridgehead atoms. The molecule has 5 heteroatoms. The van der Waals surface area contributed by atoms with E-state index in [1.807, 2.05) is 31.2 Å². The van der Waals surface area contributed by atoms with E-state index in [1.54, 1.807) is 18.6 Å². The van der Waals surface area contributed by atoms with Crippen LogP contribution < -0.4 is 0 Å². The van der Waals surface area contributed by atoms with Crippen molar-refractivity contribution >= 4 is 28.5 Å². The van der Waals surface area contributed by atoms with Crippen molar-refractivity contribution in [2.45, 2.75) is 26.7 Å². The summed E-state index contributed by atoms with van der Waals surface area (Å²) in [6.45, 7) is 3.92. The van der Waals surface area contributed by atoms with Gasteiger partial charge in [-0.15, -0.1) is 0 Å². The largest absolute Gasteiger partial charge is 0.507 e. The molecule has 1 N–H and O–H groups in total. The molecular formula is C23H21NO4. The minimum Gasteiger partial charge on any atom is -0.507 e. The number of carbonyl (C=O) groups excluding carboxylic acids is 1. The Morgan fingerprint density at radius 2 is 2.14 bits per heavy atom. The van der Waals surface area contributed by atoms with E-state index in [1.165, 1.54) is 13.1 Å². The van der Waals surface area contributed by atoms with E-state index >= 15 is 0 Å². The van der Waals surface area contributed by atoms with Crippen molar-refractivity contribution < 1.29 is 18.7 Å². The van der Waals surface area contributed by atoms with Gasteiger partial charge < -0.3 is 13.9 Å². The van der Waals surface area contributed by atoms with E-state index in [0.717, 1.165) is 39.0 Å². The normalized spacial score (nSPS) is 16.7. The maximum absolute atomic E-state index is 11.9. The monoisotopic (exact) mass is 375 g/mol. The molecule has 1 aliphatic heterocycles. The first-order valence-electron chi connectivity index (χ1n) is 9.32. The van der Waals surface area contributed by atoms with Gasteiger partial charge in [-0.2, -0.15) is 0 Å². The molecule has 0 saturated heterocycles. The summed E-state index contributed by atoms with van der Waals surface area (Å²) in [5.74, 6) is 0.428. The fourth-order valence-electron chi connectivity index (χ4n) is 3.56. The van der Waals surface area contributed by atoms with E-state index in [0.29, 0.717) is 19.4 Å². The second kappa shape index (κ2) is 7.35. The van der Waals surface area contributed by atoms with Gasteiger partial charge in [0, 0.05) is 34.8 Å². The van der Waals surface area contributed by atoms with E-state index in [9.17, 15) is 9.90 Å². The highest BCUT2D eigenvalue weighted by molar-refractivity contribution is 6.13. The van der Waals surface area contributed by atoms with Gasteiger partial charge in [0.25, 0.3) is 0 Å². The summed E-state index contributed by atoms with van der Waals surface area (Å²) >= 11 is 0. The van der Waals surface area contributed by atoms with Crippen molar-refractivity contribution in [1.29, 1.82) is 0 Å². The zero-order valence-corrected chi connectivity index (χ0v) is 15.9. The Balaban J connectivity index is 1.98. The number of ketones is 1. The zero-order valence-electron chi connectivity index (χ0n) is 15.9. The summed E-state index contributed by atoms with van der Waals surface area (Å²) in [5.41, 5.74) is 4.80. The maximum atomic E-state index is 11.9. The molecule has 0 saturated carbocycles. The highest BCUT2D eigenvalue weighted by Gasteiger charge is 2.21. The van der Waals surface area contributed by atoms with Gasteiger partial charge in [0.05, 0.1) is 18.1 Å². The Hall–Kier alpha value is -3.34. The van der Waals surface area contributed by atoms with Crippen LogP contribution in [0.25, 0.3) is 27.7 Å². The third kappa shape index (κ3) is 3.09. The number of nitrogens with zero attached hydrogens (tertiary/aromatic N) is 1. The lowest BCUT2D eigenvalue weighted by molar-refractivity contribution is -0.113. The smallest absolute Gasteiger partial charge is 0.165 e. The summed E-state index contributed by atoms with van der Waals surface area (Å²) in [4.78, 5) is 16.2. The molecule has 0 unspecified atom stereocenters. The number of benzene rings is 1. The Morgan fingerprint density at radius 3 is 2.86 bits per heavy atom. The summed E-state index contributed by atoms with van der Waals surface area (Å²) in [6, 6.07) is 7.95. The Bertz CT molecular complexity index is 1130. The summed E-state index contributed by atoms with van der Waals surface area (Å²) in [6.07, 6.45) is 7.74. The molecule has 0 atom stereocenters. The third-order valence-corrected chi connectivity index (χ3v) is 5.00. The second-order valence-corrected chi connectivity index (χ2v) is 6.77. The van der Waals surface area contributed by atoms with Crippen LogP contribution in [0.3, 0.4) is 0 Å². The van der Waals surface area contributed by atoms with Crippen molar-refractivity contribution in [2.75, 3.05) is 6.54 Å². The molecule has 0 amide bonds. The number of furan rings is 2. The minimum atomic E-state index is -0.222. The maximum Gasteiger partial charge on any atom is 0.165 e.